The van der Waals surface area contributed by atoms with Crippen molar-refractivity contribution in [3.05, 3.63) is 69.7 Å². The molecule has 1 fully saturated rings. The molecule has 3 rings (SSSR count). The van der Waals surface area contributed by atoms with Gasteiger partial charge in [0, 0.05) is 21.6 Å². The minimum atomic E-state index is -0.171. The van der Waals surface area contributed by atoms with E-state index in [0.29, 0.717) is 16.7 Å². The predicted molar refractivity (Wildman–Crippen MR) is 102 cm³/mol. The van der Waals surface area contributed by atoms with Gasteiger partial charge in [-0.1, -0.05) is 34.1 Å². The Kier molecular flexibility index (Phi) is 5.66. The van der Waals surface area contributed by atoms with Gasteiger partial charge < -0.3 is 10.2 Å². The van der Waals surface area contributed by atoms with Crippen molar-refractivity contribution in [2.75, 3.05) is 20.1 Å². The number of hydrogen-bond donors (Lipinski definition) is 1. The first-order valence-corrected chi connectivity index (χ1v) is 9.22. The fourth-order valence-electron chi connectivity index (χ4n) is 3.05. The van der Waals surface area contributed by atoms with E-state index in [-0.39, 0.29) is 17.7 Å². The van der Waals surface area contributed by atoms with Gasteiger partial charge >= 0.3 is 0 Å². The summed E-state index contributed by atoms with van der Waals surface area (Å²) >= 11 is 3.37. The van der Waals surface area contributed by atoms with Crippen molar-refractivity contribution in [1.82, 2.24) is 10.2 Å². The number of carbonyl (C=O) groups excluding carboxylic acids is 2. The normalized spacial score (nSPS) is 15.8. The molecule has 0 spiro atoms. The fourth-order valence-corrected chi connectivity index (χ4v) is 3.32. The number of rotatable bonds is 4. The summed E-state index contributed by atoms with van der Waals surface area (Å²) in [6.45, 7) is 1.95. The number of piperidine rings is 1. The molecule has 0 aliphatic carbocycles. The number of hydrogen-bond acceptors (Lipinski definition) is 3. The molecule has 0 atom stereocenters. The van der Waals surface area contributed by atoms with Gasteiger partial charge in [-0.25, -0.2) is 0 Å². The minimum absolute atomic E-state index is 0.137. The van der Waals surface area contributed by atoms with E-state index in [1.807, 2.05) is 12.1 Å². The van der Waals surface area contributed by atoms with Crippen LogP contribution in [0.5, 0.6) is 0 Å². The average molecular weight is 401 g/mol. The molecule has 0 unspecified atom stereocenters. The Hall–Kier alpha value is -1.98. The van der Waals surface area contributed by atoms with E-state index in [2.05, 4.69) is 33.2 Å². The molecule has 0 aromatic heterocycles. The number of benzene rings is 2. The van der Waals surface area contributed by atoms with E-state index < -0.39 is 0 Å². The smallest absolute Gasteiger partial charge is 0.252 e. The Morgan fingerprint density at radius 3 is 2.24 bits per heavy atom. The van der Waals surface area contributed by atoms with Crippen LogP contribution in [0.25, 0.3) is 0 Å². The molecule has 130 valence electrons. The molecular weight excluding hydrogens is 380 g/mol. The number of nitrogens with one attached hydrogen (secondary N) is 1. The molecular formula is C20H21BrN2O2. The number of likely N-dealkylation sites (tertiary alicyclic amines) is 1. The van der Waals surface area contributed by atoms with Crippen molar-refractivity contribution in [2.24, 2.45) is 0 Å². The van der Waals surface area contributed by atoms with E-state index in [9.17, 15) is 9.59 Å². The number of ketones is 1. The topological polar surface area (TPSA) is 49.4 Å². The highest BCUT2D eigenvalue weighted by molar-refractivity contribution is 9.10. The summed E-state index contributed by atoms with van der Waals surface area (Å²) in [6, 6.07) is 14.4. The summed E-state index contributed by atoms with van der Waals surface area (Å²) in [5.41, 5.74) is 1.45. The van der Waals surface area contributed by atoms with E-state index in [0.717, 1.165) is 30.4 Å². The first-order valence-electron chi connectivity index (χ1n) is 8.43. The number of nitrogens with zero attached hydrogens (tertiary/aromatic N) is 1. The van der Waals surface area contributed by atoms with Crippen molar-refractivity contribution >= 4 is 27.6 Å². The molecule has 0 bridgehead atoms. The van der Waals surface area contributed by atoms with Crippen molar-refractivity contribution in [3.63, 3.8) is 0 Å². The van der Waals surface area contributed by atoms with Gasteiger partial charge in [-0.2, -0.15) is 0 Å². The lowest BCUT2D eigenvalue weighted by molar-refractivity contribution is 0.0908. The van der Waals surface area contributed by atoms with E-state index in [1.165, 1.54) is 0 Å². The maximum atomic E-state index is 12.8. The predicted octanol–water partition coefficient (Wildman–Crippen LogP) is 3.50. The molecule has 4 nitrogen and oxygen atoms in total. The molecule has 1 saturated heterocycles. The van der Waals surface area contributed by atoms with Gasteiger partial charge in [0.15, 0.2) is 5.78 Å². The third-order valence-corrected chi connectivity index (χ3v) is 5.11. The second-order valence-electron chi connectivity index (χ2n) is 6.43. The largest absolute Gasteiger partial charge is 0.349 e. The SMILES string of the molecule is CN1CCC(NC(=O)c2ccccc2C(=O)c2ccc(Br)cc2)CC1. The minimum Gasteiger partial charge on any atom is -0.349 e. The van der Waals surface area contributed by atoms with Crippen LogP contribution < -0.4 is 5.32 Å². The molecule has 5 heteroatoms. The summed E-state index contributed by atoms with van der Waals surface area (Å²) in [6.07, 6.45) is 1.87. The quantitative estimate of drug-likeness (QED) is 0.798. The Bertz CT molecular complexity index is 766. The molecule has 2 aromatic rings. The summed E-state index contributed by atoms with van der Waals surface area (Å²) in [5.74, 6) is -0.308. The zero-order valence-corrected chi connectivity index (χ0v) is 15.8. The highest BCUT2D eigenvalue weighted by atomic mass is 79.9. The van der Waals surface area contributed by atoms with Crippen LogP contribution in [0.1, 0.15) is 39.1 Å². The summed E-state index contributed by atoms with van der Waals surface area (Å²) in [7, 11) is 2.09. The summed E-state index contributed by atoms with van der Waals surface area (Å²) in [5, 5.41) is 3.09. The highest BCUT2D eigenvalue weighted by Gasteiger charge is 2.22. The lowest BCUT2D eigenvalue weighted by Crippen LogP contribution is -2.43. The zero-order valence-electron chi connectivity index (χ0n) is 14.2. The Morgan fingerprint density at radius 2 is 1.60 bits per heavy atom. The Labute approximate surface area is 156 Å². The van der Waals surface area contributed by atoms with Crippen LogP contribution in [0.2, 0.25) is 0 Å². The van der Waals surface area contributed by atoms with E-state index in [1.54, 1.807) is 36.4 Å². The second kappa shape index (κ2) is 7.93. The fraction of sp³-hybridized carbons (Fsp3) is 0.300. The maximum absolute atomic E-state index is 12.8. The van der Waals surface area contributed by atoms with Crippen molar-refractivity contribution in [2.45, 2.75) is 18.9 Å². The summed E-state index contributed by atoms with van der Waals surface area (Å²) < 4.78 is 0.914. The molecule has 1 heterocycles. The average Bonchev–Trinajstić information content (AvgIpc) is 2.63. The Morgan fingerprint density at radius 1 is 1.00 bits per heavy atom. The Balaban J connectivity index is 1.79. The number of carbonyl (C=O) groups is 2. The lowest BCUT2D eigenvalue weighted by atomic mass is 9.97. The van der Waals surface area contributed by atoms with Crippen LogP contribution in [0.15, 0.2) is 53.0 Å². The molecule has 1 N–H and O–H groups in total. The number of halogens is 1. The monoisotopic (exact) mass is 400 g/mol. The molecule has 1 amide bonds. The van der Waals surface area contributed by atoms with Crippen LogP contribution in [0, 0.1) is 0 Å². The van der Waals surface area contributed by atoms with E-state index >= 15 is 0 Å². The van der Waals surface area contributed by atoms with E-state index in [4.69, 9.17) is 0 Å². The molecule has 1 aliphatic rings. The zero-order chi connectivity index (χ0) is 17.8. The first-order chi connectivity index (χ1) is 12.0. The van der Waals surface area contributed by atoms with Crippen molar-refractivity contribution in [3.8, 4) is 0 Å². The van der Waals surface area contributed by atoms with Crippen LogP contribution in [-0.4, -0.2) is 42.8 Å². The molecule has 1 aliphatic heterocycles. The summed E-state index contributed by atoms with van der Waals surface area (Å²) in [4.78, 5) is 27.8. The van der Waals surface area contributed by atoms with Gasteiger partial charge in [0.05, 0.1) is 5.56 Å². The van der Waals surface area contributed by atoms with Gasteiger partial charge in [-0.3, -0.25) is 9.59 Å². The van der Waals surface area contributed by atoms with Crippen LogP contribution in [-0.2, 0) is 0 Å². The second-order valence-corrected chi connectivity index (χ2v) is 7.35. The third kappa shape index (κ3) is 4.35. The first kappa shape index (κ1) is 17.8. The van der Waals surface area contributed by atoms with Crippen LogP contribution in [0.4, 0.5) is 0 Å². The van der Waals surface area contributed by atoms with Gasteiger partial charge in [0.25, 0.3) is 5.91 Å². The van der Waals surface area contributed by atoms with Crippen LogP contribution >= 0.6 is 15.9 Å². The van der Waals surface area contributed by atoms with Crippen LogP contribution in [0.3, 0.4) is 0 Å². The lowest BCUT2D eigenvalue weighted by Gasteiger charge is -2.29. The molecule has 0 radical (unpaired) electrons. The molecule has 0 saturated carbocycles. The number of amides is 1. The van der Waals surface area contributed by atoms with Crippen molar-refractivity contribution < 1.29 is 9.59 Å². The van der Waals surface area contributed by atoms with Crippen molar-refractivity contribution in [1.29, 1.82) is 0 Å². The van der Waals surface area contributed by atoms with Gasteiger partial charge in [0.1, 0.15) is 0 Å². The van der Waals surface area contributed by atoms with Gasteiger partial charge in [-0.05, 0) is 63.3 Å². The van der Waals surface area contributed by atoms with Gasteiger partial charge in [-0.15, -0.1) is 0 Å². The maximum Gasteiger partial charge on any atom is 0.252 e. The van der Waals surface area contributed by atoms with Gasteiger partial charge in [0.2, 0.25) is 0 Å². The standard InChI is InChI=1S/C20H21BrN2O2/c1-23-12-10-16(11-13-23)22-20(25)18-5-3-2-4-17(18)19(24)14-6-8-15(21)9-7-14/h2-9,16H,10-13H2,1H3,(H,22,25). The third-order valence-electron chi connectivity index (χ3n) is 4.58. The molecule has 25 heavy (non-hydrogen) atoms. The highest BCUT2D eigenvalue weighted by Crippen LogP contribution is 2.18. The molecule has 2 aromatic carbocycles.